The number of carbonyl (C=O) groups excluding carboxylic acids is 2. The number of nitrogens with zero attached hydrogens (tertiary/aromatic N) is 1. The van der Waals surface area contributed by atoms with E-state index in [4.69, 9.17) is 0 Å². The molecule has 1 saturated heterocycles. The van der Waals surface area contributed by atoms with Crippen LogP contribution in [0.15, 0.2) is 0 Å². The summed E-state index contributed by atoms with van der Waals surface area (Å²) in [5, 5.41) is 2.78. The first kappa shape index (κ1) is 7.58. The van der Waals surface area contributed by atoms with E-state index in [0.717, 1.165) is 19.3 Å². The molecule has 2 rings (SSSR count). The Morgan fingerprint density at radius 2 is 2.08 bits per heavy atom. The summed E-state index contributed by atoms with van der Waals surface area (Å²) in [4.78, 5) is 24.2. The molecule has 1 N–H and O–H groups in total. The van der Waals surface area contributed by atoms with Crippen molar-refractivity contribution < 1.29 is 9.59 Å². The Bertz CT molecular complexity index is 245. The molecule has 0 bridgehead atoms. The lowest BCUT2D eigenvalue weighted by Crippen LogP contribution is -2.68. The van der Waals surface area contributed by atoms with Gasteiger partial charge in [-0.05, 0) is 19.3 Å². The number of rotatable bonds is 0. The van der Waals surface area contributed by atoms with E-state index >= 15 is 0 Å². The molecule has 0 radical (unpaired) electrons. The van der Waals surface area contributed by atoms with Crippen LogP contribution < -0.4 is 5.32 Å². The second-order valence-electron chi connectivity index (χ2n) is 3.65. The predicted octanol–water partition coefficient (Wildman–Crippen LogP) is -0.503. The summed E-state index contributed by atoms with van der Waals surface area (Å²) in [7, 11) is 1.68. The number of nitrogens with one attached hydrogen (secondary N) is 1. The number of amides is 2. The lowest BCUT2D eigenvalue weighted by molar-refractivity contribution is -0.152. The van der Waals surface area contributed by atoms with Crippen molar-refractivity contribution in [1.82, 2.24) is 10.2 Å². The second kappa shape index (κ2) is 2.21. The number of likely N-dealkylation sites (N-methyl/N-ethyl adjacent to an activating group) is 1. The van der Waals surface area contributed by atoms with E-state index < -0.39 is 5.54 Å². The van der Waals surface area contributed by atoms with Crippen LogP contribution >= 0.6 is 0 Å². The van der Waals surface area contributed by atoms with Crippen molar-refractivity contribution in [2.45, 2.75) is 24.8 Å². The zero-order valence-corrected chi connectivity index (χ0v) is 7.09. The minimum absolute atomic E-state index is 0.0307. The highest BCUT2D eigenvalue weighted by Gasteiger charge is 2.49. The molecule has 1 aliphatic carbocycles. The molecular formula is C8H12N2O2. The lowest BCUT2D eigenvalue weighted by Gasteiger charge is -2.46. The van der Waals surface area contributed by atoms with Gasteiger partial charge in [0.25, 0.3) is 0 Å². The zero-order chi connectivity index (χ0) is 8.77. The van der Waals surface area contributed by atoms with Gasteiger partial charge in [-0.25, -0.2) is 0 Å². The van der Waals surface area contributed by atoms with Gasteiger partial charge >= 0.3 is 0 Å². The van der Waals surface area contributed by atoms with Crippen LogP contribution in [0.2, 0.25) is 0 Å². The molecule has 0 atom stereocenters. The second-order valence-corrected chi connectivity index (χ2v) is 3.65. The molecule has 0 aromatic carbocycles. The summed E-state index contributed by atoms with van der Waals surface area (Å²) in [6, 6.07) is 0. The first-order valence-corrected chi connectivity index (χ1v) is 4.21. The Balaban J connectivity index is 2.22. The minimum atomic E-state index is -0.510. The van der Waals surface area contributed by atoms with Gasteiger partial charge in [-0.1, -0.05) is 0 Å². The normalized spacial score (nSPS) is 26.9. The van der Waals surface area contributed by atoms with E-state index in [1.165, 1.54) is 4.90 Å². The molecule has 4 nitrogen and oxygen atoms in total. The van der Waals surface area contributed by atoms with E-state index in [2.05, 4.69) is 5.32 Å². The van der Waals surface area contributed by atoms with Crippen molar-refractivity contribution in [3.63, 3.8) is 0 Å². The maximum atomic E-state index is 11.6. The van der Waals surface area contributed by atoms with Gasteiger partial charge in [-0.3, -0.25) is 9.59 Å². The molecule has 1 aliphatic heterocycles. The molecule has 1 saturated carbocycles. The van der Waals surface area contributed by atoms with Crippen molar-refractivity contribution in [1.29, 1.82) is 0 Å². The molecule has 2 amide bonds. The van der Waals surface area contributed by atoms with E-state index in [9.17, 15) is 9.59 Å². The van der Waals surface area contributed by atoms with Crippen molar-refractivity contribution in [3.05, 3.63) is 0 Å². The lowest BCUT2D eigenvalue weighted by atomic mass is 9.74. The Morgan fingerprint density at radius 3 is 2.58 bits per heavy atom. The first-order chi connectivity index (χ1) is 5.64. The van der Waals surface area contributed by atoms with Gasteiger partial charge in [-0.2, -0.15) is 0 Å². The molecule has 2 fully saturated rings. The summed E-state index contributed by atoms with van der Waals surface area (Å²) in [6.07, 6.45) is 2.66. The third kappa shape index (κ3) is 0.838. The van der Waals surface area contributed by atoms with Crippen LogP contribution in [0.1, 0.15) is 19.3 Å². The fourth-order valence-electron chi connectivity index (χ4n) is 1.88. The monoisotopic (exact) mass is 168 g/mol. The minimum Gasteiger partial charge on any atom is -0.340 e. The van der Waals surface area contributed by atoms with Crippen LogP contribution in [0.5, 0.6) is 0 Å². The topological polar surface area (TPSA) is 49.4 Å². The van der Waals surface area contributed by atoms with Crippen molar-refractivity contribution in [2.24, 2.45) is 0 Å². The Morgan fingerprint density at radius 1 is 1.42 bits per heavy atom. The standard InChI is InChI=1S/C8H12N2O2/c1-10-5-6(11)9-8(7(10)12)3-2-4-8/h2-5H2,1H3,(H,9,11). The van der Waals surface area contributed by atoms with Crippen LogP contribution in [0.25, 0.3) is 0 Å². The molecule has 1 spiro atoms. The fourth-order valence-corrected chi connectivity index (χ4v) is 1.88. The maximum absolute atomic E-state index is 11.6. The number of carbonyl (C=O) groups is 2. The van der Waals surface area contributed by atoms with E-state index in [1.807, 2.05) is 0 Å². The number of hydrogen-bond acceptors (Lipinski definition) is 2. The Hall–Kier alpha value is -1.06. The van der Waals surface area contributed by atoms with Crippen molar-refractivity contribution in [2.75, 3.05) is 13.6 Å². The maximum Gasteiger partial charge on any atom is 0.248 e. The Labute approximate surface area is 70.9 Å². The van der Waals surface area contributed by atoms with E-state index in [-0.39, 0.29) is 18.4 Å². The SMILES string of the molecule is CN1CC(=O)NC2(CCC2)C1=O. The van der Waals surface area contributed by atoms with Gasteiger partial charge in [0.15, 0.2) is 0 Å². The number of piperazine rings is 1. The average molecular weight is 168 g/mol. The average Bonchev–Trinajstić information content (AvgIpc) is 1.93. The molecule has 4 heteroatoms. The molecule has 0 aromatic heterocycles. The van der Waals surface area contributed by atoms with Crippen molar-refractivity contribution >= 4 is 11.8 Å². The van der Waals surface area contributed by atoms with Gasteiger partial charge in [0.2, 0.25) is 11.8 Å². The fraction of sp³-hybridized carbons (Fsp3) is 0.750. The summed E-state index contributed by atoms with van der Waals surface area (Å²) >= 11 is 0. The largest absolute Gasteiger partial charge is 0.340 e. The predicted molar refractivity (Wildman–Crippen MR) is 42.4 cm³/mol. The first-order valence-electron chi connectivity index (χ1n) is 4.21. The third-order valence-corrected chi connectivity index (χ3v) is 2.72. The van der Waals surface area contributed by atoms with Crippen LogP contribution in [-0.2, 0) is 9.59 Å². The van der Waals surface area contributed by atoms with Crippen LogP contribution in [0, 0.1) is 0 Å². The van der Waals surface area contributed by atoms with Gasteiger partial charge in [0.05, 0.1) is 6.54 Å². The van der Waals surface area contributed by atoms with Gasteiger partial charge in [-0.15, -0.1) is 0 Å². The highest BCUT2D eigenvalue weighted by Crippen LogP contribution is 2.34. The van der Waals surface area contributed by atoms with Crippen molar-refractivity contribution in [3.8, 4) is 0 Å². The molecule has 1 heterocycles. The van der Waals surface area contributed by atoms with E-state index in [0.29, 0.717) is 0 Å². The molecule has 66 valence electrons. The smallest absolute Gasteiger partial charge is 0.248 e. The molecule has 12 heavy (non-hydrogen) atoms. The molecule has 0 aromatic rings. The quantitative estimate of drug-likeness (QED) is 0.530. The van der Waals surface area contributed by atoms with Gasteiger partial charge < -0.3 is 10.2 Å². The summed E-state index contributed by atoms with van der Waals surface area (Å²) in [5.41, 5.74) is -0.510. The molecule has 0 unspecified atom stereocenters. The highest BCUT2D eigenvalue weighted by molar-refractivity contribution is 5.98. The molecule has 2 aliphatic rings. The number of hydrogen-bond donors (Lipinski definition) is 1. The summed E-state index contributed by atoms with van der Waals surface area (Å²) in [5.74, 6) is 0.0464. The van der Waals surface area contributed by atoms with Crippen LogP contribution in [0.3, 0.4) is 0 Å². The summed E-state index contributed by atoms with van der Waals surface area (Å²) in [6.45, 7) is 0.209. The summed E-state index contributed by atoms with van der Waals surface area (Å²) < 4.78 is 0. The van der Waals surface area contributed by atoms with E-state index in [1.54, 1.807) is 7.05 Å². The molecular weight excluding hydrogens is 156 g/mol. The Kier molecular flexibility index (Phi) is 1.40. The van der Waals surface area contributed by atoms with Crippen LogP contribution in [0.4, 0.5) is 0 Å². The zero-order valence-electron chi connectivity index (χ0n) is 7.09. The highest BCUT2D eigenvalue weighted by atomic mass is 16.2. The third-order valence-electron chi connectivity index (χ3n) is 2.72. The van der Waals surface area contributed by atoms with Gasteiger partial charge in [0.1, 0.15) is 5.54 Å². The van der Waals surface area contributed by atoms with Gasteiger partial charge in [0, 0.05) is 7.05 Å². The van der Waals surface area contributed by atoms with Crippen LogP contribution in [-0.4, -0.2) is 35.8 Å².